The maximum Gasteiger partial charge on any atom is 0.238 e. The fourth-order valence-corrected chi connectivity index (χ4v) is 2.85. The van der Waals surface area contributed by atoms with Crippen molar-refractivity contribution >= 4 is 40.5 Å². The third-order valence-corrected chi connectivity index (χ3v) is 4.08. The predicted molar refractivity (Wildman–Crippen MR) is 86.0 cm³/mol. The van der Waals surface area contributed by atoms with Crippen molar-refractivity contribution in [1.29, 1.82) is 0 Å². The zero-order chi connectivity index (χ0) is 15.6. The predicted octanol–water partition coefficient (Wildman–Crippen LogP) is 2.62. The number of nitrogen functional groups attached to an aromatic ring is 1. The lowest BCUT2D eigenvalue weighted by Gasteiger charge is -2.41. The molecular formula is C14H19Cl2N3O2. The van der Waals surface area contributed by atoms with Crippen molar-refractivity contribution in [3.8, 4) is 0 Å². The van der Waals surface area contributed by atoms with Gasteiger partial charge >= 0.3 is 0 Å². The molecular weight excluding hydrogens is 313 g/mol. The maximum absolute atomic E-state index is 12.2. The Morgan fingerprint density at radius 3 is 2.62 bits per heavy atom. The summed E-state index contributed by atoms with van der Waals surface area (Å²) in [6.45, 7) is 6.28. The standard InChI is InChI=1S/C14H19Cl2N3O2/c1-14(2)8-21-4-3-19(14)7-12(20)18-13-10(15)5-9(17)6-11(13)16/h5-6H,3-4,7-8,17H2,1-2H3,(H,18,20). The Morgan fingerprint density at radius 2 is 2.05 bits per heavy atom. The molecule has 0 saturated carbocycles. The molecule has 0 unspecified atom stereocenters. The third kappa shape index (κ3) is 4.01. The summed E-state index contributed by atoms with van der Waals surface area (Å²) in [6, 6.07) is 3.11. The number of ether oxygens (including phenoxy) is 1. The Kier molecular flexibility index (Phi) is 4.99. The molecule has 3 N–H and O–H groups in total. The first-order chi connectivity index (χ1) is 9.79. The molecule has 0 aliphatic carbocycles. The van der Waals surface area contributed by atoms with Gasteiger partial charge < -0.3 is 15.8 Å². The minimum atomic E-state index is -0.176. The van der Waals surface area contributed by atoms with Crippen LogP contribution in [0.25, 0.3) is 0 Å². The normalized spacial score (nSPS) is 18.5. The van der Waals surface area contributed by atoms with Gasteiger partial charge in [-0.3, -0.25) is 9.69 Å². The monoisotopic (exact) mass is 331 g/mol. The average Bonchev–Trinajstić information content (AvgIpc) is 2.36. The van der Waals surface area contributed by atoms with Gasteiger partial charge in [0.1, 0.15) is 0 Å². The van der Waals surface area contributed by atoms with Gasteiger partial charge in [0.25, 0.3) is 0 Å². The largest absolute Gasteiger partial charge is 0.399 e. The van der Waals surface area contributed by atoms with Crippen LogP contribution in [0.1, 0.15) is 13.8 Å². The molecule has 116 valence electrons. The molecule has 1 aliphatic heterocycles. The Hall–Kier alpha value is -1.01. The van der Waals surface area contributed by atoms with Crippen molar-refractivity contribution in [3.63, 3.8) is 0 Å². The summed E-state index contributed by atoms with van der Waals surface area (Å²) in [7, 11) is 0. The van der Waals surface area contributed by atoms with Gasteiger partial charge in [0.2, 0.25) is 5.91 Å². The van der Waals surface area contributed by atoms with Crippen molar-refractivity contribution < 1.29 is 9.53 Å². The SMILES string of the molecule is CC1(C)COCCN1CC(=O)Nc1c(Cl)cc(N)cc1Cl. The summed E-state index contributed by atoms with van der Waals surface area (Å²) in [5.41, 5.74) is 6.31. The molecule has 5 nitrogen and oxygen atoms in total. The number of nitrogens with two attached hydrogens (primary N) is 1. The van der Waals surface area contributed by atoms with Crippen molar-refractivity contribution in [2.24, 2.45) is 0 Å². The van der Waals surface area contributed by atoms with Crippen molar-refractivity contribution in [2.75, 3.05) is 37.4 Å². The number of carbonyl (C=O) groups excluding carboxylic acids is 1. The molecule has 1 saturated heterocycles. The first-order valence-corrected chi connectivity index (χ1v) is 7.42. The van der Waals surface area contributed by atoms with E-state index < -0.39 is 0 Å². The minimum Gasteiger partial charge on any atom is -0.399 e. The van der Waals surface area contributed by atoms with Gasteiger partial charge in [-0.25, -0.2) is 0 Å². The molecule has 1 amide bonds. The van der Waals surface area contributed by atoms with Crippen LogP contribution in [0.15, 0.2) is 12.1 Å². The first-order valence-electron chi connectivity index (χ1n) is 6.67. The molecule has 0 aromatic heterocycles. The van der Waals surface area contributed by atoms with Crippen molar-refractivity contribution in [1.82, 2.24) is 4.90 Å². The van der Waals surface area contributed by atoms with Crippen molar-refractivity contribution in [3.05, 3.63) is 22.2 Å². The number of hydrogen-bond donors (Lipinski definition) is 2. The van der Waals surface area contributed by atoms with E-state index in [1.807, 2.05) is 13.8 Å². The van der Waals surface area contributed by atoms with E-state index in [1.54, 1.807) is 12.1 Å². The summed E-state index contributed by atoms with van der Waals surface area (Å²) in [4.78, 5) is 14.3. The molecule has 1 aromatic carbocycles. The molecule has 1 aliphatic rings. The second kappa shape index (κ2) is 6.40. The van der Waals surface area contributed by atoms with E-state index in [-0.39, 0.29) is 18.0 Å². The van der Waals surface area contributed by atoms with Crippen molar-refractivity contribution in [2.45, 2.75) is 19.4 Å². The van der Waals surface area contributed by atoms with Crippen LogP contribution in [0.5, 0.6) is 0 Å². The topological polar surface area (TPSA) is 67.6 Å². The molecule has 2 rings (SSSR count). The molecule has 21 heavy (non-hydrogen) atoms. The van der Waals surface area contributed by atoms with Gasteiger partial charge in [0, 0.05) is 17.8 Å². The molecule has 1 fully saturated rings. The number of amides is 1. The Morgan fingerprint density at radius 1 is 1.43 bits per heavy atom. The Balaban J connectivity index is 2.05. The number of morpholine rings is 1. The molecule has 7 heteroatoms. The highest BCUT2D eigenvalue weighted by Crippen LogP contribution is 2.32. The van der Waals surface area contributed by atoms with Gasteiger partial charge in [-0.15, -0.1) is 0 Å². The third-order valence-electron chi connectivity index (χ3n) is 3.48. The lowest BCUT2D eigenvalue weighted by atomic mass is 10.0. The highest BCUT2D eigenvalue weighted by Gasteiger charge is 2.31. The van der Waals surface area contributed by atoms with Crippen LogP contribution in [0.3, 0.4) is 0 Å². The van der Waals surface area contributed by atoms with Crippen LogP contribution >= 0.6 is 23.2 Å². The van der Waals surface area contributed by atoms with E-state index >= 15 is 0 Å². The van der Waals surface area contributed by atoms with Crippen LogP contribution in [-0.4, -0.2) is 42.6 Å². The summed E-state index contributed by atoms with van der Waals surface area (Å²) in [5.74, 6) is -0.168. The van der Waals surface area contributed by atoms with Gasteiger partial charge in [-0.2, -0.15) is 0 Å². The maximum atomic E-state index is 12.2. The Bertz CT molecular complexity index is 526. The zero-order valence-corrected chi connectivity index (χ0v) is 13.6. The van der Waals surface area contributed by atoms with Gasteiger partial charge in [-0.05, 0) is 26.0 Å². The second-order valence-corrected chi connectivity index (χ2v) is 6.51. The van der Waals surface area contributed by atoms with E-state index in [0.29, 0.717) is 41.2 Å². The van der Waals surface area contributed by atoms with E-state index in [0.717, 1.165) is 0 Å². The van der Waals surface area contributed by atoms with Gasteiger partial charge in [0.15, 0.2) is 0 Å². The van der Waals surface area contributed by atoms with Crippen LogP contribution in [0.4, 0.5) is 11.4 Å². The summed E-state index contributed by atoms with van der Waals surface area (Å²) >= 11 is 12.1. The number of anilines is 2. The number of carbonyl (C=O) groups is 1. The molecule has 0 spiro atoms. The first kappa shape index (κ1) is 16.4. The quantitative estimate of drug-likeness (QED) is 0.835. The van der Waals surface area contributed by atoms with E-state index in [4.69, 9.17) is 33.7 Å². The van der Waals surface area contributed by atoms with Crippen LogP contribution in [0, 0.1) is 0 Å². The van der Waals surface area contributed by atoms with Crippen LogP contribution in [-0.2, 0) is 9.53 Å². The highest BCUT2D eigenvalue weighted by molar-refractivity contribution is 6.40. The second-order valence-electron chi connectivity index (χ2n) is 5.69. The number of rotatable bonds is 3. The van der Waals surface area contributed by atoms with Crippen LogP contribution < -0.4 is 11.1 Å². The lowest BCUT2D eigenvalue weighted by molar-refractivity contribution is -0.122. The average molecular weight is 332 g/mol. The fraction of sp³-hybridized carbons (Fsp3) is 0.500. The minimum absolute atomic E-state index is 0.168. The number of nitrogens with zero attached hydrogens (tertiary/aromatic N) is 1. The summed E-state index contributed by atoms with van der Waals surface area (Å²) in [5, 5.41) is 3.41. The number of benzene rings is 1. The number of halogens is 2. The number of hydrogen-bond acceptors (Lipinski definition) is 4. The molecule has 1 heterocycles. The molecule has 0 radical (unpaired) electrons. The zero-order valence-electron chi connectivity index (χ0n) is 12.1. The lowest BCUT2D eigenvalue weighted by Crippen LogP contribution is -2.55. The fourth-order valence-electron chi connectivity index (χ4n) is 2.25. The molecule has 0 bridgehead atoms. The van der Waals surface area contributed by atoms with E-state index in [1.165, 1.54) is 0 Å². The summed E-state index contributed by atoms with van der Waals surface area (Å²) < 4.78 is 5.44. The van der Waals surface area contributed by atoms with Crippen LogP contribution in [0.2, 0.25) is 10.0 Å². The highest BCUT2D eigenvalue weighted by atomic mass is 35.5. The van der Waals surface area contributed by atoms with Gasteiger partial charge in [0.05, 0.1) is 35.5 Å². The van der Waals surface area contributed by atoms with E-state index in [2.05, 4.69) is 10.2 Å². The van der Waals surface area contributed by atoms with E-state index in [9.17, 15) is 4.79 Å². The molecule has 1 aromatic rings. The van der Waals surface area contributed by atoms with Gasteiger partial charge in [-0.1, -0.05) is 23.2 Å². The molecule has 0 atom stereocenters. The smallest absolute Gasteiger partial charge is 0.238 e. The Labute approximate surface area is 134 Å². The number of nitrogens with one attached hydrogen (secondary N) is 1. The summed E-state index contributed by atoms with van der Waals surface area (Å²) in [6.07, 6.45) is 0.